The van der Waals surface area contributed by atoms with Crippen molar-refractivity contribution in [1.82, 2.24) is 14.9 Å². The molecule has 3 aromatic rings. The fraction of sp³-hybridized carbons (Fsp3) is 0.217. The van der Waals surface area contributed by atoms with Crippen LogP contribution in [0, 0.1) is 0 Å². The number of fused-ring (bicyclic) bond motifs is 6. The zero-order chi connectivity index (χ0) is 25.6. The highest BCUT2D eigenvalue weighted by Crippen LogP contribution is 2.29. The predicted octanol–water partition coefficient (Wildman–Crippen LogP) is 5.56. The fourth-order valence-electron chi connectivity index (χ4n) is 3.09. The van der Waals surface area contributed by atoms with E-state index in [1.807, 2.05) is 30.3 Å². The van der Waals surface area contributed by atoms with E-state index in [1.54, 1.807) is 20.3 Å². The third kappa shape index (κ3) is 7.57. The number of carbonyl (C=O) groups is 2. The first kappa shape index (κ1) is 25.8. The normalized spacial score (nSPS) is 12.2. The van der Waals surface area contributed by atoms with Gasteiger partial charge in [-0.3, -0.25) is 4.79 Å². The molecule has 6 bridgehead atoms. The summed E-state index contributed by atoms with van der Waals surface area (Å²) in [4.78, 5) is 31.1. The van der Waals surface area contributed by atoms with Gasteiger partial charge in [0.15, 0.2) is 5.82 Å². The third-order valence-electron chi connectivity index (χ3n) is 4.76. The maximum atomic E-state index is 12.2. The minimum atomic E-state index is -4.64. The van der Waals surface area contributed by atoms with Gasteiger partial charge in [0.25, 0.3) is 0 Å². The lowest BCUT2D eigenvalue weighted by molar-refractivity contribution is -0.156. The number of aromatic nitrogens is 2. The highest BCUT2D eigenvalue weighted by Gasteiger charge is 2.24. The molecule has 3 N–H and O–H groups in total. The third-order valence-corrected chi connectivity index (χ3v) is 5.04. The van der Waals surface area contributed by atoms with Gasteiger partial charge in [-0.2, -0.15) is 18.2 Å². The molecule has 0 saturated carbocycles. The van der Waals surface area contributed by atoms with Crippen LogP contribution >= 0.6 is 11.6 Å². The Bertz CT molecular complexity index is 1220. The first-order valence-electron chi connectivity index (χ1n) is 10.3. The monoisotopic (exact) mass is 506 g/mol. The fourth-order valence-corrected chi connectivity index (χ4v) is 3.23. The van der Waals surface area contributed by atoms with Gasteiger partial charge in [0.1, 0.15) is 5.02 Å². The van der Waals surface area contributed by atoms with Crippen molar-refractivity contribution in [2.45, 2.75) is 19.0 Å². The van der Waals surface area contributed by atoms with E-state index in [0.29, 0.717) is 16.8 Å². The van der Waals surface area contributed by atoms with Gasteiger partial charge in [0.2, 0.25) is 12.2 Å². The van der Waals surface area contributed by atoms with Crippen molar-refractivity contribution in [3.63, 3.8) is 0 Å². The van der Waals surface area contributed by atoms with Crippen molar-refractivity contribution >= 4 is 52.7 Å². The van der Waals surface area contributed by atoms with Crippen molar-refractivity contribution < 1.29 is 22.8 Å². The van der Waals surface area contributed by atoms with Crippen LogP contribution in [0.4, 0.5) is 46.8 Å². The number of benzene rings is 2. The second-order valence-electron chi connectivity index (χ2n) is 7.70. The lowest BCUT2D eigenvalue weighted by Crippen LogP contribution is -2.27. The van der Waals surface area contributed by atoms with Crippen LogP contribution in [0.5, 0.6) is 0 Å². The number of aryl methyl sites for hydroxylation is 2. The molecule has 0 spiro atoms. The first-order valence-corrected chi connectivity index (χ1v) is 10.7. The molecule has 4 rings (SSSR count). The van der Waals surface area contributed by atoms with E-state index in [4.69, 9.17) is 16.4 Å². The van der Waals surface area contributed by atoms with Crippen molar-refractivity contribution in [3.05, 3.63) is 64.8 Å². The molecular formula is C23H22ClF3N6O2. The van der Waals surface area contributed by atoms with Gasteiger partial charge in [-0.15, -0.1) is 0 Å². The van der Waals surface area contributed by atoms with E-state index in [1.165, 1.54) is 10.5 Å². The Hall–Kier alpha value is -3.86. The van der Waals surface area contributed by atoms with Crippen molar-refractivity contribution in [1.29, 1.82) is 0 Å². The molecule has 2 amide bonds. The van der Waals surface area contributed by atoms with Gasteiger partial charge < -0.3 is 20.9 Å². The lowest BCUT2D eigenvalue weighted by Gasteiger charge is -2.17. The molecule has 184 valence electrons. The van der Waals surface area contributed by atoms with Crippen LogP contribution in [0.3, 0.4) is 0 Å². The molecule has 1 aliphatic heterocycles. The molecule has 0 aliphatic carbocycles. The summed E-state index contributed by atoms with van der Waals surface area (Å²) in [7, 11) is 3.43. The SMILES string of the molecule is CN(C)C(=O)Nc1ccc2cc1CCc1cccc(c1)Nc1ncc(Cl)c(n1)N2.O=CC(F)(F)F. The number of nitrogens with one attached hydrogen (secondary N) is 3. The van der Waals surface area contributed by atoms with E-state index in [9.17, 15) is 18.0 Å². The quantitative estimate of drug-likeness (QED) is 0.374. The number of carbonyl (C=O) groups excluding carboxylic acids is 2. The highest BCUT2D eigenvalue weighted by atomic mass is 35.5. The maximum absolute atomic E-state index is 12.2. The number of hydrogen-bond acceptors (Lipinski definition) is 6. The summed E-state index contributed by atoms with van der Waals surface area (Å²) in [5.41, 5.74) is 4.72. The molecule has 0 fully saturated rings. The average Bonchev–Trinajstić information content (AvgIpc) is 2.81. The molecule has 0 atom stereocenters. The maximum Gasteiger partial charge on any atom is 0.446 e. The Balaban J connectivity index is 0.000000509. The number of nitrogens with zero attached hydrogens (tertiary/aromatic N) is 3. The van der Waals surface area contributed by atoms with Crippen molar-refractivity contribution in [2.24, 2.45) is 0 Å². The first-order chi connectivity index (χ1) is 16.5. The second-order valence-corrected chi connectivity index (χ2v) is 8.10. The van der Waals surface area contributed by atoms with E-state index < -0.39 is 12.5 Å². The average molecular weight is 507 g/mol. The van der Waals surface area contributed by atoms with Crippen LogP contribution in [-0.4, -0.2) is 47.5 Å². The van der Waals surface area contributed by atoms with Gasteiger partial charge >= 0.3 is 12.2 Å². The number of urea groups is 1. The predicted molar refractivity (Wildman–Crippen MR) is 129 cm³/mol. The second kappa shape index (κ2) is 11.0. The number of alkyl halides is 3. The summed E-state index contributed by atoms with van der Waals surface area (Å²) in [6.45, 7) is 0. The van der Waals surface area contributed by atoms with Gasteiger partial charge in [-0.25, -0.2) is 9.78 Å². The number of anilines is 5. The summed E-state index contributed by atoms with van der Waals surface area (Å²) in [6, 6.07) is 13.8. The van der Waals surface area contributed by atoms with Crippen LogP contribution in [0.15, 0.2) is 48.7 Å². The molecule has 12 heteroatoms. The Labute approximate surface area is 204 Å². The molecular weight excluding hydrogens is 485 g/mol. The van der Waals surface area contributed by atoms with Crippen LogP contribution in [0.25, 0.3) is 0 Å². The van der Waals surface area contributed by atoms with Gasteiger partial charge in [0, 0.05) is 31.2 Å². The summed E-state index contributed by atoms with van der Waals surface area (Å²) < 4.78 is 31.2. The van der Waals surface area contributed by atoms with E-state index >= 15 is 0 Å². The molecule has 0 radical (unpaired) electrons. The number of aldehydes is 1. The summed E-state index contributed by atoms with van der Waals surface area (Å²) in [5.74, 6) is 0.971. The van der Waals surface area contributed by atoms with Crippen LogP contribution in [0.1, 0.15) is 11.1 Å². The van der Waals surface area contributed by atoms with Crippen molar-refractivity contribution in [2.75, 3.05) is 30.0 Å². The van der Waals surface area contributed by atoms with Gasteiger partial charge in [-0.05, 0) is 54.3 Å². The molecule has 2 aromatic carbocycles. The number of hydrogen-bond donors (Lipinski definition) is 3. The molecule has 0 saturated heterocycles. The van der Waals surface area contributed by atoms with Gasteiger partial charge in [0.05, 0.1) is 6.20 Å². The summed E-state index contributed by atoms with van der Waals surface area (Å²) in [5, 5.41) is 9.87. The Morgan fingerprint density at radius 2 is 1.83 bits per heavy atom. The Morgan fingerprint density at radius 1 is 1.11 bits per heavy atom. The van der Waals surface area contributed by atoms with Crippen LogP contribution < -0.4 is 16.0 Å². The lowest BCUT2D eigenvalue weighted by atomic mass is 10.0. The van der Waals surface area contributed by atoms with Gasteiger partial charge in [-0.1, -0.05) is 23.7 Å². The Morgan fingerprint density at radius 3 is 2.51 bits per heavy atom. The number of amides is 2. The van der Waals surface area contributed by atoms with Crippen LogP contribution in [-0.2, 0) is 17.6 Å². The largest absolute Gasteiger partial charge is 0.446 e. The smallest absolute Gasteiger partial charge is 0.339 e. The molecule has 1 aromatic heterocycles. The number of rotatable bonds is 1. The molecule has 2 heterocycles. The van der Waals surface area contributed by atoms with Crippen molar-refractivity contribution in [3.8, 4) is 0 Å². The Kier molecular flexibility index (Phi) is 8.13. The zero-order valence-corrected chi connectivity index (χ0v) is 19.5. The molecule has 35 heavy (non-hydrogen) atoms. The summed E-state index contributed by atoms with van der Waals surface area (Å²) >= 11 is 6.29. The molecule has 0 unspecified atom stereocenters. The zero-order valence-electron chi connectivity index (χ0n) is 18.8. The molecule has 8 nitrogen and oxygen atoms in total. The highest BCUT2D eigenvalue weighted by molar-refractivity contribution is 6.32. The topological polar surface area (TPSA) is 99.2 Å². The van der Waals surface area contributed by atoms with E-state index in [-0.39, 0.29) is 6.03 Å². The number of halogens is 4. The minimum absolute atomic E-state index is 0.167. The minimum Gasteiger partial charge on any atom is -0.339 e. The summed E-state index contributed by atoms with van der Waals surface area (Å²) in [6.07, 6.45) is -2.55. The van der Waals surface area contributed by atoms with Crippen LogP contribution in [0.2, 0.25) is 5.02 Å². The standard InChI is InChI=1S/C21H21ClN6O.C2HF3O/c1-28(2)21(29)26-18-9-8-16-11-14(18)7-6-13-4-3-5-15(10-13)25-20-23-12-17(22)19(24-16)27-20;3-2(4,5)1-6/h3-5,8-12H,6-7H2,1-2H3,(H,26,29)(H2,23,24,25,27);1H. The molecule has 1 aliphatic rings. The van der Waals surface area contributed by atoms with E-state index in [2.05, 4.69) is 38.1 Å². The van der Waals surface area contributed by atoms with E-state index in [0.717, 1.165) is 35.5 Å².